The van der Waals surface area contributed by atoms with Gasteiger partial charge in [0.2, 0.25) is 0 Å². The van der Waals surface area contributed by atoms with E-state index in [0.717, 1.165) is 50.2 Å². The maximum atomic E-state index is 12.8. The first-order valence-electron chi connectivity index (χ1n) is 13.6. The number of hydrogen-bond donors (Lipinski definition) is 3. The molecular weight excluding hydrogens is 514 g/mol. The first kappa shape index (κ1) is 28.7. The molecule has 4 rings (SSSR count). The minimum absolute atomic E-state index is 0.195. The molecule has 3 aromatic rings. The molecule has 1 aliphatic rings. The van der Waals surface area contributed by atoms with Crippen LogP contribution in [0.4, 0.5) is 11.4 Å². The fourth-order valence-corrected chi connectivity index (χ4v) is 5.47. The Morgan fingerprint density at radius 3 is 2.26 bits per heavy atom. The number of sulfonamides is 1. The first-order valence-corrected chi connectivity index (χ1v) is 15.1. The summed E-state index contributed by atoms with van der Waals surface area (Å²) in [6, 6.07) is 23.8. The summed E-state index contributed by atoms with van der Waals surface area (Å²) in [4.78, 5) is 2.49. The Hall–Kier alpha value is -3.27. The van der Waals surface area contributed by atoms with Crippen LogP contribution in [0, 0.1) is 0 Å². The number of nitrogens with zero attached hydrogens (tertiary/aromatic N) is 1. The highest BCUT2D eigenvalue weighted by Crippen LogP contribution is 2.24. The van der Waals surface area contributed by atoms with Gasteiger partial charge < -0.3 is 24.8 Å². The maximum absolute atomic E-state index is 12.8. The predicted octanol–water partition coefficient (Wildman–Crippen LogP) is 4.66. The third kappa shape index (κ3) is 8.88. The highest BCUT2D eigenvalue weighted by atomic mass is 32.2. The Morgan fingerprint density at radius 1 is 0.923 bits per heavy atom. The quantitative estimate of drug-likeness (QED) is 0.250. The van der Waals surface area contributed by atoms with E-state index in [-0.39, 0.29) is 11.5 Å². The number of aliphatic hydroxyl groups excluding tert-OH is 1. The molecule has 3 N–H and O–H groups in total. The van der Waals surface area contributed by atoms with Crippen LogP contribution in [0.5, 0.6) is 11.5 Å². The van der Waals surface area contributed by atoms with Gasteiger partial charge in [-0.2, -0.15) is 0 Å². The smallest absolute Gasteiger partial charge is 0.261 e. The summed E-state index contributed by atoms with van der Waals surface area (Å²) in [6.45, 7) is 5.22. The van der Waals surface area contributed by atoms with Crippen LogP contribution in [0.2, 0.25) is 0 Å². The van der Waals surface area contributed by atoms with Gasteiger partial charge in [-0.1, -0.05) is 31.5 Å². The van der Waals surface area contributed by atoms with Crippen molar-refractivity contribution in [2.45, 2.75) is 49.6 Å². The van der Waals surface area contributed by atoms with Gasteiger partial charge in [-0.15, -0.1) is 0 Å². The SMILES string of the molecule is CCCCOc1ccc(S(=O)(=O)Nc2ccc(N3CCC(NC[C@H](O)COc4ccccc4)CC3)cc2)cc1. The molecule has 1 saturated heterocycles. The molecule has 0 spiro atoms. The van der Waals surface area contributed by atoms with E-state index in [2.05, 4.69) is 21.9 Å². The van der Waals surface area contributed by atoms with Gasteiger partial charge in [-0.05, 0) is 79.9 Å². The molecule has 9 heteroatoms. The van der Waals surface area contributed by atoms with Crippen LogP contribution >= 0.6 is 0 Å². The number of aliphatic hydroxyl groups is 1. The van der Waals surface area contributed by atoms with Gasteiger partial charge in [-0.3, -0.25) is 4.72 Å². The van der Waals surface area contributed by atoms with Gasteiger partial charge in [0.25, 0.3) is 10.0 Å². The maximum Gasteiger partial charge on any atom is 0.261 e. The molecule has 1 heterocycles. The van der Waals surface area contributed by atoms with E-state index in [1.54, 1.807) is 36.4 Å². The second kappa shape index (κ2) is 14.2. The van der Waals surface area contributed by atoms with Crippen molar-refractivity contribution in [3.05, 3.63) is 78.9 Å². The van der Waals surface area contributed by atoms with Crippen LogP contribution in [0.15, 0.2) is 83.8 Å². The normalized spacial score (nSPS) is 15.1. The zero-order valence-electron chi connectivity index (χ0n) is 22.5. The number of anilines is 2. The molecule has 0 radical (unpaired) electrons. The highest BCUT2D eigenvalue weighted by molar-refractivity contribution is 7.92. The first-order chi connectivity index (χ1) is 18.9. The van der Waals surface area contributed by atoms with Gasteiger partial charge in [0.05, 0.1) is 11.5 Å². The Bertz CT molecular complexity index is 1230. The summed E-state index contributed by atoms with van der Waals surface area (Å²) in [5.41, 5.74) is 1.58. The molecule has 3 aromatic carbocycles. The number of rotatable bonds is 14. The lowest BCUT2D eigenvalue weighted by Gasteiger charge is -2.34. The minimum Gasteiger partial charge on any atom is -0.494 e. The van der Waals surface area contributed by atoms with Crippen molar-refractivity contribution in [3.8, 4) is 11.5 Å². The van der Waals surface area contributed by atoms with Gasteiger partial charge in [0.15, 0.2) is 0 Å². The number of piperidine rings is 1. The molecule has 0 aliphatic carbocycles. The van der Waals surface area contributed by atoms with E-state index in [1.165, 1.54) is 0 Å². The van der Waals surface area contributed by atoms with Crippen LogP contribution in [0.25, 0.3) is 0 Å². The monoisotopic (exact) mass is 553 g/mol. The largest absolute Gasteiger partial charge is 0.494 e. The van der Waals surface area contributed by atoms with Crippen molar-refractivity contribution < 1.29 is 23.0 Å². The second-order valence-electron chi connectivity index (χ2n) is 9.77. The zero-order valence-corrected chi connectivity index (χ0v) is 23.3. The molecule has 39 heavy (non-hydrogen) atoms. The van der Waals surface area contributed by atoms with E-state index in [9.17, 15) is 13.5 Å². The molecule has 8 nitrogen and oxygen atoms in total. The molecule has 1 fully saturated rings. The third-order valence-electron chi connectivity index (χ3n) is 6.71. The number of ether oxygens (including phenoxy) is 2. The van der Waals surface area contributed by atoms with Crippen molar-refractivity contribution in [2.24, 2.45) is 0 Å². The van der Waals surface area contributed by atoms with Gasteiger partial charge >= 0.3 is 0 Å². The third-order valence-corrected chi connectivity index (χ3v) is 8.11. The second-order valence-corrected chi connectivity index (χ2v) is 11.5. The van der Waals surface area contributed by atoms with Crippen molar-refractivity contribution >= 4 is 21.4 Å². The van der Waals surface area contributed by atoms with Gasteiger partial charge in [0, 0.05) is 37.1 Å². The molecular formula is C30H39N3O5S. The van der Waals surface area contributed by atoms with Crippen LogP contribution in [-0.4, -0.2) is 58.5 Å². The Morgan fingerprint density at radius 2 is 1.59 bits per heavy atom. The summed E-state index contributed by atoms with van der Waals surface area (Å²) < 4.78 is 39.5. The van der Waals surface area contributed by atoms with Gasteiger partial charge in [0.1, 0.15) is 24.2 Å². The Kier molecular flexibility index (Phi) is 10.5. The van der Waals surface area contributed by atoms with E-state index < -0.39 is 16.1 Å². The number of hydrogen-bond acceptors (Lipinski definition) is 7. The zero-order chi connectivity index (χ0) is 27.5. The van der Waals surface area contributed by atoms with Crippen LogP contribution < -0.4 is 24.4 Å². The average Bonchev–Trinajstić information content (AvgIpc) is 2.96. The standard InChI is InChI=1S/C30H39N3O5S/c1-2-3-21-37-29-13-15-30(16-14-29)39(35,36)32-25-9-11-26(12-10-25)33-19-17-24(18-20-33)31-22-27(34)23-38-28-7-5-4-6-8-28/h4-16,24,27,31-32,34H,2-3,17-23H2,1H3/t27-/m0/s1. The van der Waals surface area contributed by atoms with E-state index in [4.69, 9.17) is 9.47 Å². The molecule has 1 aliphatic heterocycles. The van der Waals surface area contributed by atoms with Crippen LogP contribution in [0.3, 0.4) is 0 Å². The Balaban J connectivity index is 1.20. The lowest BCUT2D eigenvalue weighted by Crippen LogP contribution is -2.45. The summed E-state index contributed by atoms with van der Waals surface area (Å²) in [5.74, 6) is 1.42. The van der Waals surface area contributed by atoms with E-state index >= 15 is 0 Å². The molecule has 0 amide bonds. The summed E-state index contributed by atoms with van der Waals surface area (Å²) in [6.07, 6.45) is 3.35. The highest BCUT2D eigenvalue weighted by Gasteiger charge is 2.20. The van der Waals surface area contributed by atoms with E-state index in [0.29, 0.717) is 30.6 Å². The van der Waals surface area contributed by atoms with Gasteiger partial charge in [-0.25, -0.2) is 8.42 Å². The lowest BCUT2D eigenvalue weighted by molar-refractivity contribution is 0.102. The van der Waals surface area contributed by atoms with Crippen LogP contribution in [0.1, 0.15) is 32.6 Å². The summed E-state index contributed by atoms with van der Waals surface area (Å²) in [7, 11) is -3.69. The number of para-hydroxylation sites is 1. The van der Waals surface area contributed by atoms with Crippen molar-refractivity contribution in [1.82, 2.24) is 5.32 Å². The Labute approximate surface area is 232 Å². The molecule has 210 valence electrons. The number of nitrogens with one attached hydrogen (secondary N) is 2. The predicted molar refractivity (Wildman–Crippen MR) is 155 cm³/mol. The van der Waals surface area contributed by atoms with E-state index in [1.807, 2.05) is 42.5 Å². The molecule has 0 unspecified atom stereocenters. The fourth-order valence-electron chi connectivity index (χ4n) is 4.42. The van der Waals surface area contributed by atoms with Crippen molar-refractivity contribution in [2.75, 3.05) is 42.5 Å². The summed E-state index contributed by atoms with van der Waals surface area (Å²) in [5, 5.41) is 13.7. The molecule has 0 saturated carbocycles. The fraction of sp³-hybridized carbons (Fsp3) is 0.400. The number of unbranched alkanes of at least 4 members (excludes halogenated alkanes) is 1. The molecule has 0 bridgehead atoms. The average molecular weight is 554 g/mol. The summed E-state index contributed by atoms with van der Waals surface area (Å²) >= 11 is 0. The van der Waals surface area contributed by atoms with Crippen molar-refractivity contribution in [1.29, 1.82) is 0 Å². The molecule has 0 aromatic heterocycles. The lowest BCUT2D eigenvalue weighted by atomic mass is 10.0. The topological polar surface area (TPSA) is 100 Å². The number of benzene rings is 3. The minimum atomic E-state index is -3.69. The van der Waals surface area contributed by atoms with Crippen molar-refractivity contribution in [3.63, 3.8) is 0 Å². The molecule has 1 atom stereocenters. The van der Waals surface area contributed by atoms with Crippen LogP contribution in [-0.2, 0) is 10.0 Å².